The number of carbonyl (C=O) groups excluding carboxylic acids is 1. The van der Waals surface area contributed by atoms with Gasteiger partial charge in [-0.2, -0.15) is 4.80 Å². The maximum absolute atomic E-state index is 13.0. The Morgan fingerprint density at radius 2 is 1.96 bits per heavy atom. The first-order valence-corrected chi connectivity index (χ1v) is 7.90. The third kappa shape index (κ3) is 4.00. The number of anilines is 1. The lowest BCUT2D eigenvalue weighted by Crippen LogP contribution is -2.21. The van der Waals surface area contributed by atoms with E-state index in [1.807, 2.05) is 19.9 Å². The monoisotopic (exact) mass is 359 g/mol. The van der Waals surface area contributed by atoms with Gasteiger partial charge in [-0.15, -0.1) is 10.2 Å². The number of nitrogens with zero attached hydrogens (tertiary/aromatic N) is 4. The van der Waals surface area contributed by atoms with Crippen LogP contribution in [0, 0.1) is 19.7 Å². The van der Waals surface area contributed by atoms with Crippen LogP contribution in [0.4, 0.5) is 10.1 Å². The van der Waals surface area contributed by atoms with Crippen molar-refractivity contribution in [3.63, 3.8) is 0 Å². The average molecular weight is 360 g/mol. The number of nitrogens with one attached hydrogen (secondary N) is 1. The highest BCUT2D eigenvalue weighted by Gasteiger charge is 2.12. The van der Waals surface area contributed by atoms with Crippen molar-refractivity contribution in [1.29, 1.82) is 0 Å². The highest BCUT2D eigenvalue weighted by Crippen LogP contribution is 2.27. The fraction of sp³-hybridized carbons (Fsp3) is 0.176. The van der Waals surface area contributed by atoms with Crippen molar-refractivity contribution in [3.05, 3.63) is 58.4 Å². The lowest BCUT2D eigenvalue weighted by Gasteiger charge is -2.11. The van der Waals surface area contributed by atoms with Gasteiger partial charge in [-0.1, -0.05) is 17.7 Å². The first kappa shape index (κ1) is 17.0. The zero-order valence-electron chi connectivity index (χ0n) is 13.6. The number of amides is 1. The van der Waals surface area contributed by atoms with E-state index in [0.717, 1.165) is 11.1 Å². The highest BCUT2D eigenvalue weighted by molar-refractivity contribution is 6.34. The van der Waals surface area contributed by atoms with E-state index in [1.165, 1.54) is 16.9 Å². The van der Waals surface area contributed by atoms with E-state index in [0.29, 0.717) is 22.1 Å². The van der Waals surface area contributed by atoms with Gasteiger partial charge in [-0.25, -0.2) is 4.39 Å². The third-order valence-electron chi connectivity index (χ3n) is 3.54. The van der Waals surface area contributed by atoms with Crippen LogP contribution in [0.5, 0.6) is 0 Å². The molecule has 0 saturated carbocycles. The van der Waals surface area contributed by atoms with E-state index in [9.17, 15) is 9.18 Å². The van der Waals surface area contributed by atoms with E-state index in [1.54, 1.807) is 18.2 Å². The van der Waals surface area contributed by atoms with E-state index >= 15 is 0 Å². The number of aromatic nitrogens is 4. The molecular formula is C17H15ClFN5O. The Balaban J connectivity index is 1.71. The minimum atomic E-state index is -0.346. The Morgan fingerprint density at radius 1 is 1.24 bits per heavy atom. The quantitative estimate of drug-likeness (QED) is 0.775. The summed E-state index contributed by atoms with van der Waals surface area (Å²) in [5.41, 5.74) is 3.07. The number of halogens is 2. The first-order valence-electron chi connectivity index (χ1n) is 7.53. The van der Waals surface area contributed by atoms with Gasteiger partial charge in [-0.3, -0.25) is 4.79 Å². The lowest BCUT2D eigenvalue weighted by atomic mass is 10.1. The van der Waals surface area contributed by atoms with Gasteiger partial charge in [0.05, 0.1) is 10.7 Å². The topological polar surface area (TPSA) is 72.7 Å². The fourth-order valence-electron chi connectivity index (χ4n) is 2.41. The normalized spacial score (nSPS) is 10.7. The molecule has 2 aromatic carbocycles. The van der Waals surface area contributed by atoms with Crippen LogP contribution in [0.3, 0.4) is 0 Å². The molecule has 3 aromatic rings. The Bertz CT molecular complexity index is 900. The summed E-state index contributed by atoms with van der Waals surface area (Å²) < 4.78 is 13.0. The minimum Gasteiger partial charge on any atom is -0.323 e. The molecule has 25 heavy (non-hydrogen) atoms. The second-order valence-electron chi connectivity index (χ2n) is 5.64. The van der Waals surface area contributed by atoms with Gasteiger partial charge in [0.1, 0.15) is 12.4 Å². The predicted octanol–water partition coefficient (Wildman–Crippen LogP) is 3.39. The molecule has 8 heteroatoms. The van der Waals surface area contributed by atoms with Crippen molar-refractivity contribution >= 4 is 23.2 Å². The Morgan fingerprint density at radius 3 is 2.64 bits per heavy atom. The number of benzene rings is 2. The van der Waals surface area contributed by atoms with Crippen molar-refractivity contribution in [2.24, 2.45) is 0 Å². The fourth-order valence-corrected chi connectivity index (χ4v) is 2.77. The van der Waals surface area contributed by atoms with Crippen LogP contribution >= 0.6 is 11.6 Å². The van der Waals surface area contributed by atoms with E-state index in [2.05, 4.69) is 20.7 Å². The highest BCUT2D eigenvalue weighted by atomic mass is 35.5. The predicted molar refractivity (Wildman–Crippen MR) is 92.8 cm³/mol. The summed E-state index contributed by atoms with van der Waals surface area (Å²) in [5, 5.41) is 15.1. The molecule has 1 amide bonds. The maximum atomic E-state index is 13.0. The molecule has 128 valence electrons. The minimum absolute atomic E-state index is 0.113. The number of carbonyl (C=O) groups is 1. The zero-order valence-corrected chi connectivity index (χ0v) is 14.4. The molecule has 0 atom stereocenters. The van der Waals surface area contributed by atoms with Crippen LogP contribution < -0.4 is 5.32 Å². The molecule has 0 fully saturated rings. The van der Waals surface area contributed by atoms with Crippen molar-refractivity contribution < 1.29 is 9.18 Å². The lowest BCUT2D eigenvalue weighted by molar-refractivity contribution is -0.117. The largest absolute Gasteiger partial charge is 0.323 e. The Kier molecular flexibility index (Phi) is 4.76. The summed E-state index contributed by atoms with van der Waals surface area (Å²) in [6, 6.07) is 9.43. The van der Waals surface area contributed by atoms with Crippen LogP contribution in [0.2, 0.25) is 5.02 Å². The molecule has 1 aromatic heterocycles. The summed E-state index contributed by atoms with van der Waals surface area (Å²) >= 11 is 6.18. The van der Waals surface area contributed by atoms with Crippen LogP contribution in [0.1, 0.15) is 11.1 Å². The summed E-state index contributed by atoms with van der Waals surface area (Å²) in [5.74, 6) is -0.352. The number of tetrazole rings is 1. The van der Waals surface area contributed by atoms with Crippen LogP contribution in [0.25, 0.3) is 11.4 Å². The molecule has 0 spiro atoms. The molecule has 0 bridgehead atoms. The summed E-state index contributed by atoms with van der Waals surface area (Å²) in [7, 11) is 0. The summed E-state index contributed by atoms with van der Waals surface area (Å²) in [6.45, 7) is 3.69. The smallest absolute Gasteiger partial charge is 0.248 e. The van der Waals surface area contributed by atoms with Crippen LogP contribution in [-0.2, 0) is 11.3 Å². The molecular weight excluding hydrogens is 345 g/mol. The number of hydrogen-bond donors (Lipinski definition) is 1. The van der Waals surface area contributed by atoms with Crippen molar-refractivity contribution in [2.45, 2.75) is 20.4 Å². The Hall–Kier alpha value is -2.80. The van der Waals surface area contributed by atoms with Gasteiger partial charge >= 0.3 is 0 Å². The standard InChI is InChI=1S/C17H15ClFN5O/c1-10-7-11(2)16(14(18)8-10)20-15(25)9-24-22-17(21-23-24)12-3-5-13(19)6-4-12/h3-8H,9H2,1-2H3,(H,20,25). The zero-order chi connectivity index (χ0) is 18.0. The third-order valence-corrected chi connectivity index (χ3v) is 3.83. The number of aryl methyl sites for hydroxylation is 2. The first-order chi connectivity index (χ1) is 11.9. The SMILES string of the molecule is Cc1cc(C)c(NC(=O)Cn2nnc(-c3ccc(F)cc3)n2)c(Cl)c1. The molecule has 1 heterocycles. The second-order valence-corrected chi connectivity index (χ2v) is 6.04. The number of rotatable bonds is 4. The molecule has 0 saturated heterocycles. The molecule has 3 rings (SSSR count). The van der Waals surface area contributed by atoms with Crippen molar-refractivity contribution in [3.8, 4) is 11.4 Å². The van der Waals surface area contributed by atoms with E-state index in [-0.39, 0.29) is 18.3 Å². The van der Waals surface area contributed by atoms with Gasteiger partial charge in [0.15, 0.2) is 0 Å². The average Bonchev–Trinajstić information content (AvgIpc) is 3.00. The Labute approximate surface area is 148 Å². The summed E-state index contributed by atoms with van der Waals surface area (Å²) in [6.07, 6.45) is 0. The molecule has 0 aliphatic carbocycles. The maximum Gasteiger partial charge on any atom is 0.248 e. The molecule has 6 nitrogen and oxygen atoms in total. The molecule has 0 radical (unpaired) electrons. The second kappa shape index (κ2) is 6.98. The molecule has 1 N–H and O–H groups in total. The van der Waals surface area contributed by atoms with Gasteiger partial charge in [0.2, 0.25) is 11.7 Å². The van der Waals surface area contributed by atoms with Gasteiger partial charge in [-0.05, 0) is 60.5 Å². The van der Waals surface area contributed by atoms with Crippen molar-refractivity contribution in [2.75, 3.05) is 5.32 Å². The van der Waals surface area contributed by atoms with Crippen LogP contribution in [0.15, 0.2) is 36.4 Å². The van der Waals surface area contributed by atoms with E-state index < -0.39 is 0 Å². The van der Waals surface area contributed by atoms with Crippen molar-refractivity contribution in [1.82, 2.24) is 20.2 Å². The van der Waals surface area contributed by atoms with Gasteiger partial charge < -0.3 is 5.32 Å². The molecule has 0 aliphatic heterocycles. The molecule has 0 unspecified atom stereocenters. The van der Waals surface area contributed by atoms with Gasteiger partial charge in [0, 0.05) is 5.56 Å². The summed E-state index contributed by atoms with van der Waals surface area (Å²) in [4.78, 5) is 13.4. The van der Waals surface area contributed by atoms with Gasteiger partial charge in [0.25, 0.3) is 0 Å². The van der Waals surface area contributed by atoms with Crippen LogP contribution in [-0.4, -0.2) is 26.1 Å². The number of hydrogen-bond acceptors (Lipinski definition) is 4. The van der Waals surface area contributed by atoms with E-state index in [4.69, 9.17) is 11.6 Å². The molecule has 0 aliphatic rings.